The third-order valence-electron chi connectivity index (χ3n) is 4.08. The molecule has 0 bridgehead atoms. The van der Waals surface area contributed by atoms with Crippen molar-refractivity contribution in [2.45, 2.75) is 12.5 Å². The normalized spacial score (nSPS) is 18.5. The molecular formula is C18H20N2O4S. The molecule has 132 valence electrons. The van der Waals surface area contributed by atoms with Gasteiger partial charge in [0.1, 0.15) is 5.75 Å². The highest BCUT2D eigenvalue weighted by Gasteiger charge is 2.27. The highest BCUT2D eigenvalue weighted by Crippen LogP contribution is 2.20. The van der Waals surface area contributed by atoms with Gasteiger partial charge in [0.05, 0.1) is 18.6 Å². The fourth-order valence-corrected chi connectivity index (χ4v) is 4.44. The van der Waals surface area contributed by atoms with Crippen molar-refractivity contribution >= 4 is 27.1 Å². The number of carbonyl (C=O) groups is 1. The molecule has 2 aromatic carbocycles. The Morgan fingerprint density at radius 3 is 2.48 bits per heavy atom. The maximum absolute atomic E-state index is 12.3. The molecule has 0 aliphatic carbocycles. The third-order valence-corrected chi connectivity index (χ3v) is 5.85. The van der Waals surface area contributed by atoms with Gasteiger partial charge in [0.25, 0.3) is 5.91 Å². The molecule has 0 radical (unpaired) electrons. The van der Waals surface area contributed by atoms with Gasteiger partial charge in [-0.05, 0) is 48.9 Å². The van der Waals surface area contributed by atoms with E-state index < -0.39 is 9.84 Å². The van der Waals surface area contributed by atoms with Gasteiger partial charge in [0.15, 0.2) is 9.84 Å². The van der Waals surface area contributed by atoms with E-state index in [2.05, 4.69) is 10.6 Å². The molecule has 2 aromatic rings. The summed E-state index contributed by atoms with van der Waals surface area (Å²) >= 11 is 0. The summed E-state index contributed by atoms with van der Waals surface area (Å²) in [6.45, 7) is 0. The lowest BCUT2D eigenvalue weighted by Crippen LogP contribution is -2.20. The molecule has 1 amide bonds. The first-order valence-electron chi connectivity index (χ1n) is 7.98. The lowest BCUT2D eigenvalue weighted by atomic mass is 10.2. The Labute approximate surface area is 147 Å². The molecule has 1 unspecified atom stereocenters. The summed E-state index contributed by atoms with van der Waals surface area (Å²) < 4.78 is 28.1. The van der Waals surface area contributed by atoms with E-state index in [1.165, 1.54) is 0 Å². The fourth-order valence-electron chi connectivity index (χ4n) is 2.76. The second-order valence-electron chi connectivity index (χ2n) is 6.01. The van der Waals surface area contributed by atoms with Crippen molar-refractivity contribution in [2.75, 3.05) is 29.2 Å². The van der Waals surface area contributed by atoms with Crippen molar-refractivity contribution in [2.24, 2.45) is 0 Å². The number of anilines is 2. The number of hydrogen-bond donors (Lipinski definition) is 2. The Morgan fingerprint density at radius 2 is 1.84 bits per heavy atom. The SMILES string of the molecule is COc1cccc(C(=O)Nc2ccc(NC3CCS(=O)(=O)C3)cc2)c1. The van der Waals surface area contributed by atoms with Crippen LogP contribution < -0.4 is 15.4 Å². The number of ether oxygens (including phenoxy) is 1. The molecule has 1 fully saturated rings. The predicted molar refractivity (Wildman–Crippen MR) is 98.1 cm³/mol. The van der Waals surface area contributed by atoms with E-state index in [0.717, 1.165) is 5.69 Å². The van der Waals surface area contributed by atoms with Crippen molar-refractivity contribution in [3.63, 3.8) is 0 Å². The molecule has 7 heteroatoms. The van der Waals surface area contributed by atoms with Crippen LogP contribution in [-0.2, 0) is 9.84 Å². The van der Waals surface area contributed by atoms with Gasteiger partial charge in [0.2, 0.25) is 0 Å². The van der Waals surface area contributed by atoms with Crippen molar-refractivity contribution in [1.29, 1.82) is 0 Å². The number of sulfone groups is 1. The van der Waals surface area contributed by atoms with Crippen LogP contribution in [0.15, 0.2) is 48.5 Å². The lowest BCUT2D eigenvalue weighted by Gasteiger charge is -2.13. The first kappa shape index (κ1) is 17.3. The van der Waals surface area contributed by atoms with E-state index >= 15 is 0 Å². The first-order valence-corrected chi connectivity index (χ1v) is 9.80. The molecule has 25 heavy (non-hydrogen) atoms. The van der Waals surface area contributed by atoms with Gasteiger partial charge in [-0.25, -0.2) is 8.42 Å². The van der Waals surface area contributed by atoms with E-state index in [1.54, 1.807) is 43.5 Å². The Balaban J connectivity index is 1.61. The van der Waals surface area contributed by atoms with Gasteiger partial charge in [-0.15, -0.1) is 0 Å². The minimum atomic E-state index is -2.91. The zero-order valence-electron chi connectivity index (χ0n) is 13.9. The number of amides is 1. The molecule has 1 saturated heterocycles. The van der Waals surface area contributed by atoms with Crippen LogP contribution in [0.3, 0.4) is 0 Å². The van der Waals surface area contributed by atoms with Crippen molar-refractivity contribution in [3.05, 3.63) is 54.1 Å². The summed E-state index contributed by atoms with van der Waals surface area (Å²) in [6.07, 6.45) is 0.622. The molecule has 1 aliphatic heterocycles. The molecule has 0 saturated carbocycles. The monoisotopic (exact) mass is 360 g/mol. The van der Waals surface area contributed by atoms with Crippen LogP contribution in [0.25, 0.3) is 0 Å². The fraction of sp³-hybridized carbons (Fsp3) is 0.278. The smallest absolute Gasteiger partial charge is 0.255 e. The molecule has 1 heterocycles. The molecule has 0 aromatic heterocycles. The summed E-state index contributed by atoms with van der Waals surface area (Å²) in [7, 11) is -1.35. The third kappa shape index (κ3) is 4.51. The van der Waals surface area contributed by atoms with E-state index in [0.29, 0.717) is 23.4 Å². The maximum Gasteiger partial charge on any atom is 0.255 e. The molecule has 0 spiro atoms. The Hall–Kier alpha value is -2.54. The maximum atomic E-state index is 12.3. The predicted octanol–water partition coefficient (Wildman–Crippen LogP) is 2.55. The molecule has 3 rings (SSSR count). The van der Waals surface area contributed by atoms with Crippen LogP contribution in [0.4, 0.5) is 11.4 Å². The Morgan fingerprint density at radius 1 is 1.12 bits per heavy atom. The van der Waals surface area contributed by atoms with Gasteiger partial charge in [-0.2, -0.15) is 0 Å². The van der Waals surface area contributed by atoms with Crippen LogP contribution in [0.1, 0.15) is 16.8 Å². The molecule has 1 aliphatic rings. The molecular weight excluding hydrogens is 340 g/mol. The van der Waals surface area contributed by atoms with Gasteiger partial charge in [0, 0.05) is 23.0 Å². The molecule has 2 N–H and O–H groups in total. The van der Waals surface area contributed by atoms with Crippen molar-refractivity contribution in [3.8, 4) is 5.75 Å². The van der Waals surface area contributed by atoms with Crippen LogP contribution in [-0.4, -0.2) is 39.0 Å². The van der Waals surface area contributed by atoms with E-state index in [9.17, 15) is 13.2 Å². The Kier molecular flexibility index (Phi) is 4.94. The lowest BCUT2D eigenvalue weighted by molar-refractivity contribution is 0.102. The zero-order chi connectivity index (χ0) is 17.9. The van der Waals surface area contributed by atoms with E-state index in [4.69, 9.17) is 4.74 Å². The summed E-state index contributed by atoms with van der Waals surface area (Å²) in [6, 6.07) is 14.1. The largest absolute Gasteiger partial charge is 0.497 e. The molecule has 6 nitrogen and oxygen atoms in total. The number of hydrogen-bond acceptors (Lipinski definition) is 5. The number of nitrogens with one attached hydrogen (secondary N) is 2. The molecule has 1 atom stereocenters. The summed E-state index contributed by atoms with van der Waals surface area (Å²) in [4.78, 5) is 12.3. The van der Waals surface area contributed by atoms with Crippen LogP contribution in [0, 0.1) is 0 Å². The van der Waals surface area contributed by atoms with Crippen molar-refractivity contribution < 1.29 is 17.9 Å². The zero-order valence-corrected chi connectivity index (χ0v) is 14.7. The topological polar surface area (TPSA) is 84.5 Å². The standard InChI is InChI=1S/C18H20N2O4S/c1-24-17-4-2-3-13(11-17)18(21)20-15-7-5-14(6-8-15)19-16-9-10-25(22,23)12-16/h2-8,11,16,19H,9-10,12H2,1H3,(H,20,21). The van der Waals surface area contributed by atoms with E-state index in [1.807, 2.05) is 12.1 Å². The Bertz CT molecular complexity index is 863. The van der Waals surface area contributed by atoms with Crippen LogP contribution in [0.2, 0.25) is 0 Å². The second-order valence-corrected chi connectivity index (χ2v) is 8.24. The summed E-state index contributed by atoms with van der Waals surface area (Å²) in [5.41, 5.74) is 2.01. The van der Waals surface area contributed by atoms with Gasteiger partial charge >= 0.3 is 0 Å². The quantitative estimate of drug-likeness (QED) is 0.856. The number of carbonyl (C=O) groups excluding carboxylic acids is 1. The second kappa shape index (κ2) is 7.14. The number of benzene rings is 2. The van der Waals surface area contributed by atoms with Gasteiger partial charge < -0.3 is 15.4 Å². The van der Waals surface area contributed by atoms with E-state index in [-0.39, 0.29) is 23.5 Å². The average Bonchev–Trinajstić information content (AvgIpc) is 2.95. The van der Waals surface area contributed by atoms with Gasteiger partial charge in [-0.3, -0.25) is 4.79 Å². The number of methoxy groups -OCH3 is 1. The van der Waals surface area contributed by atoms with Crippen LogP contribution >= 0.6 is 0 Å². The summed E-state index contributed by atoms with van der Waals surface area (Å²) in [5, 5.41) is 6.04. The number of rotatable bonds is 5. The summed E-state index contributed by atoms with van der Waals surface area (Å²) in [5.74, 6) is 0.806. The van der Waals surface area contributed by atoms with Gasteiger partial charge in [-0.1, -0.05) is 6.07 Å². The average molecular weight is 360 g/mol. The van der Waals surface area contributed by atoms with Crippen molar-refractivity contribution in [1.82, 2.24) is 0 Å². The highest BCUT2D eigenvalue weighted by molar-refractivity contribution is 7.91. The van der Waals surface area contributed by atoms with Crippen LogP contribution in [0.5, 0.6) is 5.75 Å². The highest BCUT2D eigenvalue weighted by atomic mass is 32.2. The first-order chi connectivity index (χ1) is 11.9. The minimum Gasteiger partial charge on any atom is -0.497 e. The minimum absolute atomic E-state index is 0.0535.